The fourth-order valence-electron chi connectivity index (χ4n) is 2.46. The topological polar surface area (TPSA) is 29.3 Å². The lowest BCUT2D eigenvalue weighted by molar-refractivity contribution is 0.370. The predicted molar refractivity (Wildman–Crippen MR) is 87.6 cm³/mol. The third-order valence-electron chi connectivity index (χ3n) is 3.88. The van der Waals surface area contributed by atoms with Gasteiger partial charge in [-0.3, -0.25) is 0 Å². The third kappa shape index (κ3) is 15.9. The Balaban J connectivity index is 3.09. The van der Waals surface area contributed by atoms with Crippen molar-refractivity contribution in [2.75, 3.05) is 20.6 Å². The first-order valence-corrected chi connectivity index (χ1v) is 8.57. The minimum atomic E-state index is 0.413. The van der Waals surface area contributed by atoms with Crippen molar-refractivity contribution in [3.63, 3.8) is 0 Å². The van der Waals surface area contributed by atoms with Crippen LogP contribution < -0.4 is 5.73 Å². The number of rotatable bonds is 14. The first-order valence-electron chi connectivity index (χ1n) is 8.57. The molecule has 0 saturated carbocycles. The maximum absolute atomic E-state index is 6.10. The van der Waals surface area contributed by atoms with Gasteiger partial charge in [0.15, 0.2) is 0 Å². The van der Waals surface area contributed by atoms with Gasteiger partial charge < -0.3 is 10.6 Å². The van der Waals surface area contributed by atoms with Crippen molar-refractivity contribution in [3.8, 4) is 0 Å². The molecule has 0 radical (unpaired) electrons. The van der Waals surface area contributed by atoms with Crippen LogP contribution in [0.3, 0.4) is 0 Å². The second-order valence-corrected chi connectivity index (χ2v) is 6.32. The Morgan fingerprint density at radius 2 is 1.21 bits per heavy atom. The predicted octanol–water partition coefficient (Wildman–Crippen LogP) is 4.58. The van der Waals surface area contributed by atoms with Crippen molar-refractivity contribution in [2.45, 2.75) is 90.0 Å². The summed E-state index contributed by atoms with van der Waals surface area (Å²) < 4.78 is 0. The molecular formula is C17H38N2. The van der Waals surface area contributed by atoms with E-state index in [4.69, 9.17) is 5.73 Å². The fourth-order valence-corrected chi connectivity index (χ4v) is 2.46. The molecule has 0 bridgehead atoms. The van der Waals surface area contributed by atoms with Gasteiger partial charge in [0.25, 0.3) is 0 Å². The summed E-state index contributed by atoms with van der Waals surface area (Å²) in [7, 11) is 4.24. The first-order chi connectivity index (χ1) is 9.16. The van der Waals surface area contributed by atoms with Gasteiger partial charge in [0.1, 0.15) is 0 Å². The van der Waals surface area contributed by atoms with Crippen LogP contribution in [0.25, 0.3) is 0 Å². The molecule has 0 saturated heterocycles. The zero-order valence-electron chi connectivity index (χ0n) is 13.8. The van der Waals surface area contributed by atoms with E-state index >= 15 is 0 Å². The Bertz CT molecular complexity index is 169. The summed E-state index contributed by atoms with van der Waals surface area (Å²) >= 11 is 0. The summed E-state index contributed by atoms with van der Waals surface area (Å²) in [6, 6.07) is 0.413. The standard InChI is InChI=1S/C17H38N2/c1-4-5-6-7-8-9-10-11-12-13-14-17(18)15-16-19(2)3/h17H,4-16,18H2,1-3H3. The molecular weight excluding hydrogens is 232 g/mol. The van der Waals surface area contributed by atoms with Crippen molar-refractivity contribution in [1.29, 1.82) is 0 Å². The van der Waals surface area contributed by atoms with Gasteiger partial charge in [-0.1, -0.05) is 71.1 Å². The molecule has 0 aromatic heterocycles. The van der Waals surface area contributed by atoms with Crippen LogP contribution in [0.2, 0.25) is 0 Å². The molecule has 0 aliphatic rings. The highest BCUT2D eigenvalue weighted by atomic mass is 15.0. The molecule has 0 aromatic rings. The summed E-state index contributed by atoms with van der Waals surface area (Å²) in [6.07, 6.45) is 16.5. The van der Waals surface area contributed by atoms with Crippen LogP contribution in [0, 0.1) is 0 Å². The Kier molecular flexibility index (Phi) is 14.3. The van der Waals surface area contributed by atoms with Gasteiger partial charge in [-0.25, -0.2) is 0 Å². The van der Waals surface area contributed by atoms with Gasteiger partial charge in [-0.15, -0.1) is 0 Å². The molecule has 0 fully saturated rings. The lowest BCUT2D eigenvalue weighted by Gasteiger charge is -2.14. The zero-order valence-corrected chi connectivity index (χ0v) is 13.8. The molecule has 1 unspecified atom stereocenters. The van der Waals surface area contributed by atoms with Gasteiger partial charge in [0.05, 0.1) is 0 Å². The zero-order chi connectivity index (χ0) is 14.3. The largest absolute Gasteiger partial charge is 0.328 e. The molecule has 0 spiro atoms. The van der Waals surface area contributed by atoms with E-state index in [0.717, 1.165) is 13.0 Å². The van der Waals surface area contributed by atoms with Gasteiger partial charge >= 0.3 is 0 Å². The number of hydrogen-bond donors (Lipinski definition) is 1. The third-order valence-corrected chi connectivity index (χ3v) is 3.88. The quantitative estimate of drug-likeness (QED) is 0.468. The molecule has 0 rings (SSSR count). The Labute approximate surface area is 122 Å². The first kappa shape index (κ1) is 18.9. The maximum atomic E-state index is 6.10. The van der Waals surface area contributed by atoms with E-state index in [1.165, 1.54) is 70.6 Å². The monoisotopic (exact) mass is 270 g/mol. The highest BCUT2D eigenvalue weighted by Crippen LogP contribution is 2.12. The Morgan fingerprint density at radius 1 is 0.737 bits per heavy atom. The van der Waals surface area contributed by atoms with Gasteiger partial charge in [-0.2, -0.15) is 0 Å². The molecule has 0 amide bonds. The van der Waals surface area contributed by atoms with Crippen LogP contribution in [-0.2, 0) is 0 Å². The average molecular weight is 271 g/mol. The normalized spacial score (nSPS) is 13.1. The van der Waals surface area contributed by atoms with Crippen LogP contribution in [-0.4, -0.2) is 31.6 Å². The summed E-state index contributed by atoms with van der Waals surface area (Å²) in [5, 5.41) is 0. The van der Waals surface area contributed by atoms with Crippen molar-refractivity contribution >= 4 is 0 Å². The molecule has 0 heterocycles. The van der Waals surface area contributed by atoms with E-state index in [1.807, 2.05) is 0 Å². The van der Waals surface area contributed by atoms with E-state index in [0.29, 0.717) is 6.04 Å². The van der Waals surface area contributed by atoms with Gasteiger partial charge in [-0.05, 0) is 33.5 Å². The van der Waals surface area contributed by atoms with E-state index in [-0.39, 0.29) is 0 Å². The molecule has 19 heavy (non-hydrogen) atoms. The number of hydrogen-bond acceptors (Lipinski definition) is 2. The highest BCUT2D eigenvalue weighted by molar-refractivity contribution is 4.63. The van der Waals surface area contributed by atoms with Crippen LogP contribution in [0.5, 0.6) is 0 Å². The Morgan fingerprint density at radius 3 is 1.68 bits per heavy atom. The van der Waals surface area contributed by atoms with Crippen LogP contribution in [0.15, 0.2) is 0 Å². The molecule has 0 aliphatic heterocycles. The highest BCUT2D eigenvalue weighted by Gasteiger charge is 2.02. The summed E-state index contributed by atoms with van der Waals surface area (Å²) in [4.78, 5) is 2.22. The smallest absolute Gasteiger partial charge is 0.00509 e. The lowest BCUT2D eigenvalue weighted by atomic mass is 10.0. The molecule has 116 valence electrons. The molecule has 2 heteroatoms. The molecule has 0 aromatic carbocycles. The minimum absolute atomic E-state index is 0.413. The van der Waals surface area contributed by atoms with Crippen molar-refractivity contribution in [2.24, 2.45) is 5.73 Å². The van der Waals surface area contributed by atoms with Crippen molar-refractivity contribution in [1.82, 2.24) is 4.90 Å². The minimum Gasteiger partial charge on any atom is -0.328 e. The van der Waals surface area contributed by atoms with E-state index < -0.39 is 0 Å². The second kappa shape index (κ2) is 14.3. The van der Waals surface area contributed by atoms with E-state index in [2.05, 4.69) is 25.9 Å². The number of unbranched alkanes of at least 4 members (excludes halogenated alkanes) is 9. The molecule has 2 nitrogen and oxygen atoms in total. The van der Waals surface area contributed by atoms with Gasteiger partial charge in [0, 0.05) is 6.04 Å². The van der Waals surface area contributed by atoms with Crippen molar-refractivity contribution < 1.29 is 0 Å². The second-order valence-electron chi connectivity index (χ2n) is 6.32. The van der Waals surface area contributed by atoms with Gasteiger partial charge in [0.2, 0.25) is 0 Å². The van der Waals surface area contributed by atoms with E-state index in [1.54, 1.807) is 0 Å². The maximum Gasteiger partial charge on any atom is 0.00509 e. The average Bonchev–Trinajstić information content (AvgIpc) is 2.38. The number of nitrogens with two attached hydrogens (primary N) is 1. The summed E-state index contributed by atoms with van der Waals surface area (Å²) in [5.74, 6) is 0. The molecule has 0 aliphatic carbocycles. The fraction of sp³-hybridized carbons (Fsp3) is 1.00. The number of nitrogens with zero attached hydrogens (tertiary/aromatic N) is 1. The van der Waals surface area contributed by atoms with Crippen LogP contribution in [0.4, 0.5) is 0 Å². The lowest BCUT2D eigenvalue weighted by Crippen LogP contribution is -2.26. The molecule has 2 N–H and O–H groups in total. The van der Waals surface area contributed by atoms with E-state index in [9.17, 15) is 0 Å². The van der Waals surface area contributed by atoms with Crippen molar-refractivity contribution in [3.05, 3.63) is 0 Å². The van der Waals surface area contributed by atoms with Crippen LogP contribution in [0.1, 0.15) is 84.0 Å². The molecule has 1 atom stereocenters. The summed E-state index contributed by atoms with van der Waals surface area (Å²) in [6.45, 7) is 3.40. The summed E-state index contributed by atoms with van der Waals surface area (Å²) in [5.41, 5.74) is 6.10. The SMILES string of the molecule is CCCCCCCCCCCCC(N)CCN(C)C. The van der Waals surface area contributed by atoms with Crippen LogP contribution >= 0.6 is 0 Å². The Hall–Kier alpha value is -0.0800.